The van der Waals surface area contributed by atoms with Crippen LogP contribution < -0.4 is 10.6 Å². The Morgan fingerprint density at radius 3 is 2.68 bits per heavy atom. The fourth-order valence-corrected chi connectivity index (χ4v) is 3.50. The molecule has 7 heteroatoms. The third-order valence-electron chi connectivity index (χ3n) is 3.17. The van der Waals surface area contributed by atoms with Crippen molar-refractivity contribution in [3.63, 3.8) is 0 Å². The number of hydrogen-bond donors (Lipinski definition) is 2. The summed E-state index contributed by atoms with van der Waals surface area (Å²) in [6.07, 6.45) is 2.51. The molecule has 1 amide bonds. The quantitative estimate of drug-likeness (QED) is 0.840. The third-order valence-corrected chi connectivity index (χ3v) is 4.89. The number of rotatable bonds is 3. The number of pyridine rings is 1. The van der Waals surface area contributed by atoms with Gasteiger partial charge in [0.15, 0.2) is 0 Å². The molecule has 1 aromatic rings. The van der Waals surface area contributed by atoms with E-state index < -0.39 is 9.84 Å². The summed E-state index contributed by atoms with van der Waals surface area (Å²) in [6.45, 7) is 0. The number of nitrogens with one attached hydrogen (secondary N) is 2. The topological polar surface area (TPSA) is 88.2 Å². The summed E-state index contributed by atoms with van der Waals surface area (Å²) in [4.78, 5) is 16.0. The maximum atomic E-state index is 12.0. The van der Waals surface area contributed by atoms with Crippen LogP contribution in [0.15, 0.2) is 18.3 Å². The number of aromatic nitrogens is 1. The summed E-state index contributed by atoms with van der Waals surface area (Å²) in [5.74, 6) is 0.0190. The largest absolute Gasteiger partial charge is 0.388 e. The van der Waals surface area contributed by atoms with Crippen LogP contribution in [0.2, 0.25) is 0 Å². The van der Waals surface area contributed by atoms with E-state index >= 15 is 0 Å². The Hall–Kier alpha value is -1.63. The average molecular weight is 283 g/mol. The summed E-state index contributed by atoms with van der Waals surface area (Å²) in [5, 5.41) is 5.77. The van der Waals surface area contributed by atoms with Gasteiger partial charge in [0.25, 0.3) is 5.91 Å². The molecule has 1 fully saturated rings. The molecule has 0 bridgehead atoms. The molecule has 0 saturated carbocycles. The smallest absolute Gasteiger partial charge is 0.270 e. The maximum absolute atomic E-state index is 12.0. The lowest BCUT2D eigenvalue weighted by Crippen LogP contribution is -2.41. The lowest BCUT2D eigenvalue weighted by atomic mass is 10.1. The van der Waals surface area contributed by atoms with Gasteiger partial charge in [-0.1, -0.05) is 0 Å². The monoisotopic (exact) mass is 283 g/mol. The second-order valence-electron chi connectivity index (χ2n) is 4.58. The first kappa shape index (κ1) is 13.8. The van der Waals surface area contributed by atoms with Gasteiger partial charge in [0.1, 0.15) is 15.5 Å². The van der Waals surface area contributed by atoms with E-state index in [-0.39, 0.29) is 23.5 Å². The van der Waals surface area contributed by atoms with Crippen LogP contribution in [0.1, 0.15) is 23.3 Å². The highest BCUT2D eigenvalue weighted by Gasteiger charge is 2.25. The highest BCUT2D eigenvalue weighted by atomic mass is 32.2. The molecule has 104 valence electrons. The lowest BCUT2D eigenvalue weighted by Gasteiger charge is -2.22. The van der Waals surface area contributed by atoms with Gasteiger partial charge in [0.2, 0.25) is 0 Å². The molecule has 1 aliphatic rings. The number of sulfone groups is 1. The van der Waals surface area contributed by atoms with Crippen LogP contribution in [-0.2, 0) is 9.84 Å². The van der Waals surface area contributed by atoms with Crippen molar-refractivity contribution < 1.29 is 13.2 Å². The van der Waals surface area contributed by atoms with Gasteiger partial charge in [-0.3, -0.25) is 9.78 Å². The van der Waals surface area contributed by atoms with E-state index in [1.807, 2.05) is 0 Å². The van der Waals surface area contributed by atoms with Gasteiger partial charge >= 0.3 is 0 Å². The molecule has 2 N–H and O–H groups in total. The van der Waals surface area contributed by atoms with Crippen molar-refractivity contribution in [3.8, 4) is 0 Å². The molecule has 1 aliphatic heterocycles. The fourth-order valence-electron chi connectivity index (χ4n) is 2.00. The zero-order chi connectivity index (χ0) is 13.9. The normalized spacial score (nSPS) is 18.8. The first-order valence-electron chi connectivity index (χ1n) is 6.15. The van der Waals surface area contributed by atoms with E-state index in [1.165, 1.54) is 0 Å². The minimum absolute atomic E-state index is 0.0870. The Labute approximate surface area is 112 Å². The van der Waals surface area contributed by atoms with Crippen LogP contribution in [0.3, 0.4) is 0 Å². The molecule has 1 saturated heterocycles. The Kier molecular flexibility index (Phi) is 4.04. The number of amides is 1. The number of carbonyl (C=O) groups excluding carboxylic acids is 1. The van der Waals surface area contributed by atoms with Crippen molar-refractivity contribution in [2.24, 2.45) is 0 Å². The first-order valence-corrected chi connectivity index (χ1v) is 7.97. The standard InChI is InChI=1S/C12H17N3O3S/c1-13-10-2-5-14-11(8-10)12(16)15-9-3-6-19(17,18)7-4-9/h2,5,8-9H,3-4,6-7H2,1H3,(H,13,14)(H,15,16). The van der Waals surface area contributed by atoms with Crippen LogP contribution in [0.25, 0.3) is 0 Å². The van der Waals surface area contributed by atoms with Gasteiger partial charge in [0, 0.05) is 25.0 Å². The van der Waals surface area contributed by atoms with Gasteiger partial charge < -0.3 is 10.6 Å². The second-order valence-corrected chi connectivity index (χ2v) is 6.88. The van der Waals surface area contributed by atoms with E-state index in [0.29, 0.717) is 18.5 Å². The minimum atomic E-state index is -2.90. The number of carbonyl (C=O) groups is 1. The minimum Gasteiger partial charge on any atom is -0.388 e. The van der Waals surface area contributed by atoms with Crippen LogP contribution in [-0.4, -0.2) is 43.9 Å². The molecule has 19 heavy (non-hydrogen) atoms. The van der Waals surface area contributed by atoms with Crippen molar-refractivity contribution >= 4 is 21.4 Å². The number of hydrogen-bond acceptors (Lipinski definition) is 5. The summed E-state index contributed by atoms with van der Waals surface area (Å²) < 4.78 is 22.6. The SMILES string of the molecule is CNc1ccnc(C(=O)NC2CCS(=O)(=O)CC2)c1. The van der Waals surface area contributed by atoms with Gasteiger partial charge in [-0.25, -0.2) is 8.42 Å². The molecular formula is C12H17N3O3S. The average Bonchev–Trinajstić information content (AvgIpc) is 2.41. The lowest BCUT2D eigenvalue weighted by molar-refractivity contribution is 0.0929. The molecule has 0 spiro atoms. The molecule has 0 atom stereocenters. The highest BCUT2D eigenvalue weighted by molar-refractivity contribution is 7.91. The molecule has 1 aromatic heterocycles. The van der Waals surface area contributed by atoms with Crippen molar-refractivity contribution in [2.45, 2.75) is 18.9 Å². The first-order chi connectivity index (χ1) is 9.00. The van der Waals surface area contributed by atoms with Crippen molar-refractivity contribution in [3.05, 3.63) is 24.0 Å². The Morgan fingerprint density at radius 2 is 2.05 bits per heavy atom. The van der Waals surface area contributed by atoms with Crippen molar-refractivity contribution in [1.29, 1.82) is 0 Å². The molecule has 0 radical (unpaired) electrons. The van der Waals surface area contributed by atoms with Crippen LogP contribution in [0.5, 0.6) is 0 Å². The summed E-state index contributed by atoms with van der Waals surface area (Å²) in [6, 6.07) is 3.34. The van der Waals surface area contributed by atoms with E-state index in [2.05, 4.69) is 15.6 Å². The molecule has 0 unspecified atom stereocenters. The molecule has 6 nitrogen and oxygen atoms in total. The Bertz CT molecular complexity index is 557. The predicted molar refractivity (Wildman–Crippen MR) is 72.9 cm³/mol. The zero-order valence-corrected chi connectivity index (χ0v) is 11.5. The van der Waals surface area contributed by atoms with E-state index in [9.17, 15) is 13.2 Å². The molecule has 2 heterocycles. The van der Waals surface area contributed by atoms with E-state index in [4.69, 9.17) is 0 Å². The highest BCUT2D eigenvalue weighted by Crippen LogP contribution is 2.13. The van der Waals surface area contributed by atoms with Crippen molar-refractivity contribution in [1.82, 2.24) is 10.3 Å². The van der Waals surface area contributed by atoms with Gasteiger partial charge in [-0.2, -0.15) is 0 Å². The molecule has 0 aromatic carbocycles. The fraction of sp³-hybridized carbons (Fsp3) is 0.500. The van der Waals surface area contributed by atoms with Gasteiger partial charge in [-0.05, 0) is 25.0 Å². The Balaban J connectivity index is 1.98. The van der Waals surface area contributed by atoms with Crippen LogP contribution in [0, 0.1) is 0 Å². The summed E-state index contributed by atoms with van der Waals surface area (Å²) >= 11 is 0. The molecular weight excluding hydrogens is 266 g/mol. The third kappa shape index (κ3) is 3.66. The Morgan fingerprint density at radius 1 is 1.37 bits per heavy atom. The van der Waals surface area contributed by atoms with Crippen LogP contribution >= 0.6 is 0 Å². The molecule has 0 aliphatic carbocycles. The molecule has 2 rings (SSSR count). The van der Waals surface area contributed by atoms with E-state index in [0.717, 1.165) is 5.69 Å². The van der Waals surface area contributed by atoms with E-state index in [1.54, 1.807) is 25.4 Å². The zero-order valence-electron chi connectivity index (χ0n) is 10.7. The number of nitrogens with zero attached hydrogens (tertiary/aromatic N) is 1. The second kappa shape index (κ2) is 5.56. The van der Waals surface area contributed by atoms with Gasteiger partial charge in [-0.15, -0.1) is 0 Å². The predicted octanol–water partition coefficient (Wildman–Crippen LogP) is 0.430. The van der Waals surface area contributed by atoms with Crippen molar-refractivity contribution in [2.75, 3.05) is 23.9 Å². The number of anilines is 1. The van der Waals surface area contributed by atoms with Crippen LogP contribution in [0.4, 0.5) is 5.69 Å². The maximum Gasteiger partial charge on any atom is 0.270 e. The van der Waals surface area contributed by atoms with Gasteiger partial charge in [0.05, 0.1) is 11.5 Å². The summed E-state index contributed by atoms with van der Waals surface area (Å²) in [7, 11) is -1.14. The summed E-state index contributed by atoms with van der Waals surface area (Å²) in [5.41, 5.74) is 1.15.